The molecular weight excluding hydrogens is 667 g/mol. The molecule has 1 aliphatic rings. The minimum Gasteiger partial charge on any atom is -0.477 e. The first-order valence-electron chi connectivity index (χ1n) is 16.5. The van der Waals surface area contributed by atoms with Crippen LogP contribution in [-0.4, -0.2) is 11.1 Å². The molecule has 5 nitrogen and oxygen atoms in total. The maximum Gasteiger partial charge on any atom is 0.346 e. The van der Waals surface area contributed by atoms with E-state index in [0.717, 1.165) is 60.7 Å². The molecule has 248 valence electrons. The number of nitrogens with zero attached hydrogens (tertiary/aromatic N) is 3. The van der Waals surface area contributed by atoms with Gasteiger partial charge in [-0.1, -0.05) is 72.8 Å². The van der Waals surface area contributed by atoms with E-state index in [-0.39, 0.29) is 5.57 Å². The van der Waals surface area contributed by atoms with Crippen molar-refractivity contribution in [2.75, 3.05) is 9.80 Å². The van der Waals surface area contributed by atoms with E-state index in [2.05, 4.69) is 161 Å². The van der Waals surface area contributed by atoms with E-state index in [4.69, 9.17) is 10.4 Å². The van der Waals surface area contributed by atoms with E-state index in [1.807, 2.05) is 12.1 Å². The zero-order valence-corrected chi connectivity index (χ0v) is 29.2. The summed E-state index contributed by atoms with van der Waals surface area (Å²) in [6.07, 6.45) is 12.0. The van der Waals surface area contributed by atoms with Crippen LogP contribution in [0.2, 0.25) is 0 Å². The summed E-state index contributed by atoms with van der Waals surface area (Å²) in [6, 6.07) is 50.0. The molecule has 0 saturated carbocycles. The van der Waals surface area contributed by atoms with E-state index >= 15 is 0 Å². The predicted octanol–water partition coefficient (Wildman–Crippen LogP) is 12.2. The van der Waals surface area contributed by atoms with Crippen LogP contribution in [0.3, 0.4) is 0 Å². The van der Waals surface area contributed by atoms with Gasteiger partial charge in [0.1, 0.15) is 11.6 Å². The van der Waals surface area contributed by atoms with Crippen LogP contribution >= 0.6 is 22.7 Å². The average Bonchev–Trinajstić information content (AvgIpc) is 3.86. The standard InChI is InChI=1S/C44H33N3O2S2/c45-31-33(44(48)49)30-41-27-29-43(51-41)42-28-26-40(50-42)25-18-32-16-19-37(20-17-32)47(36-14-8-3-9-15-36)39-23-21-38(22-24-39)46(34-10-4-1-5-11-34)35-12-6-2-7-13-35/h1-21,23,25-30H,22,24H2,(H,48,49)/b25-18+,33-30+. The second kappa shape index (κ2) is 15.6. The van der Waals surface area contributed by atoms with E-state index < -0.39 is 5.97 Å². The van der Waals surface area contributed by atoms with Gasteiger partial charge in [-0.05, 0) is 116 Å². The lowest BCUT2D eigenvalue weighted by atomic mass is 10.0. The molecule has 2 aromatic heterocycles. The highest BCUT2D eigenvalue weighted by Crippen LogP contribution is 2.39. The van der Waals surface area contributed by atoms with E-state index in [1.54, 1.807) is 17.4 Å². The summed E-state index contributed by atoms with van der Waals surface area (Å²) >= 11 is 3.14. The lowest BCUT2D eigenvalue weighted by Crippen LogP contribution is -2.22. The lowest BCUT2D eigenvalue weighted by molar-refractivity contribution is -0.132. The van der Waals surface area contributed by atoms with Crippen molar-refractivity contribution >= 4 is 69.6 Å². The number of carboxylic acids is 1. The second-order valence-electron chi connectivity index (χ2n) is 11.8. The van der Waals surface area contributed by atoms with Crippen LogP contribution in [0, 0.1) is 11.3 Å². The molecular formula is C44H33N3O2S2. The van der Waals surface area contributed by atoms with Crippen molar-refractivity contribution in [1.29, 1.82) is 5.26 Å². The first kappa shape index (κ1) is 33.3. The van der Waals surface area contributed by atoms with Gasteiger partial charge in [-0.25, -0.2) is 4.79 Å². The number of allylic oxidation sites excluding steroid dienone is 4. The number of anilines is 4. The Morgan fingerprint density at radius 1 is 0.588 bits per heavy atom. The van der Waals surface area contributed by atoms with Gasteiger partial charge < -0.3 is 14.9 Å². The Kier molecular flexibility index (Phi) is 10.2. The van der Waals surface area contributed by atoms with Crippen molar-refractivity contribution in [2.24, 2.45) is 0 Å². The molecule has 0 amide bonds. The van der Waals surface area contributed by atoms with Gasteiger partial charge in [0.05, 0.1) is 0 Å². The monoisotopic (exact) mass is 699 g/mol. The third kappa shape index (κ3) is 7.84. The molecule has 0 radical (unpaired) electrons. The summed E-state index contributed by atoms with van der Waals surface area (Å²) in [5.74, 6) is -1.22. The molecule has 7 heteroatoms. The highest BCUT2D eigenvalue weighted by Gasteiger charge is 2.21. The van der Waals surface area contributed by atoms with Crippen LogP contribution in [0.5, 0.6) is 0 Å². The number of hydrogen-bond donors (Lipinski definition) is 1. The highest BCUT2D eigenvalue weighted by atomic mass is 32.1. The maximum absolute atomic E-state index is 11.2. The molecule has 0 aliphatic heterocycles. The number of thiophene rings is 2. The third-order valence-corrected chi connectivity index (χ3v) is 10.7. The molecule has 0 saturated heterocycles. The van der Waals surface area contributed by atoms with Crippen molar-refractivity contribution < 1.29 is 9.90 Å². The molecule has 7 rings (SSSR count). The molecule has 6 aromatic rings. The normalized spacial score (nSPS) is 13.0. The third-order valence-electron chi connectivity index (χ3n) is 8.45. The van der Waals surface area contributed by atoms with Crippen LogP contribution in [0.1, 0.15) is 28.2 Å². The van der Waals surface area contributed by atoms with Gasteiger partial charge >= 0.3 is 5.97 Å². The lowest BCUT2D eigenvalue weighted by Gasteiger charge is -2.33. The molecule has 0 unspecified atom stereocenters. The quantitative estimate of drug-likeness (QED) is 0.108. The number of rotatable bonds is 11. The second-order valence-corrected chi connectivity index (χ2v) is 14.0. The molecule has 0 spiro atoms. The Morgan fingerprint density at radius 2 is 1.04 bits per heavy atom. The Bertz CT molecular complexity index is 2250. The average molecular weight is 700 g/mol. The summed E-state index contributed by atoms with van der Waals surface area (Å²) in [5, 5.41) is 18.2. The number of carbonyl (C=O) groups is 1. The summed E-state index contributed by atoms with van der Waals surface area (Å²) in [7, 11) is 0. The van der Waals surface area contributed by atoms with Gasteiger partial charge in [-0.3, -0.25) is 0 Å². The number of para-hydroxylation sites is 3. The zero-order chi connectivity index (χ0) is 35.0. The number of benzene rings is 4. The van der Waals surface area contributed by atoms with E-state index in [1.165, 1.54) is 28.8 Å². The van der Waals surface area contributed by atoms with Crippen LogP contribution < -0.4 is 9.80 Å². The largest absolute Gasteiger partial charge is 0.477 e. The van der Waals surface area contributed by atoms with Crippen molar-refractivity contribution in [3.8, 4) is 15.8 Å². The van der Waals surface area contributed by atoms with Gasteiger partial charge in [0.2, 0.25) is 0 Å². The maximum atomic E-state index is 11.2. The summed E-state index contributed by atoms with van der Waals surface area (Å²) in [5.41, 5.74) is 7.84. The molecule has 1 N–H and O–H groups in total. The molecule has 1 aliphatic carbocycles. The van der Waals surface area contributed by atoms with Gasteiger partial charge in [0.25, 0.3) is 0 Å². The molecule has 0 fully saturated rings. The Labute approximate surface area is 305 Å². The smallest absolute Gasteiger partial charge is 0.346 e. The minimum absolute atomic E-state index is 0.272. The van der Waals surface area contributed by atoms with Crippen molar-refractivity contribution in [3.05, 3.63) is 184 Å². The number of nitriles is 1. The molecule has 2 heterocycles. The van der Waals surface area contributed by atoms with Crippen LogP contribution in [0.25, 0.3) is 28.0 Å². The fourth-order valence-corrected chi connectivity index (χ4v) is 7.97. The predicted molar refractivity (Wildman–Crippen MR) is 213 cm³/mol. The molecule has 0 bridgehead atoms. The summed E-state index contributed by atoms with van der Waals surface area (Å²) in [4.78, 5) is 19.9. The highest BCUT2D eigenvalue weighted by molar-refractivity contribution is 7.23. The van der Waals surface area contributed by atoms with Crippen molar-refractivity contribution in [1.82, 2.24) is 0 Å². The van der Waals surface area contributed by atoms with Gasteiger partial charge in [-0.15, -0.1) is 22.7 Å². The van der Waals surface area contributed by atoms with Crippen molar-refractivity contribution in [3.63, 3.8) is 0 Å². The first-order chi connectivity index (χ1) is 25.1. The SMILES string of the molecule is N#C/C(=C\c1ccc(-c2ccc(/C=C/c3ccc(N(C4=CC=C(N(c5ccccc5)c5ccccc5)CC4)c4ccccc4)cc3)s2)s1)C(=O)O. The van der Waals surface area contributed by atoms with Crippen LogP contribution in [-0.2, 0) is 4.79 Å². The summed E-state index contributed by atoms with van der Waals surface area (Å²) < 4.78 is 0. The van der Waals surface area contributed by atoms with Crippen molar-refractivity contribution in [2.45, 2.75) is 12.8 Å². The molecule has 51 heavy (non-hydrogen) atoms. The zero-order valence-electron chi connectivity index (χ0n) is 27.6. The molecule has 0 atom stereocenters. The Balaban J connectivity index is 1.11. The van der Waals surface area contributed by atoms with Gasteiger partial charge in [0, 0.05) is 53.7 Å². The number of aliphatic carboxylic acids is 1. The summed E-state index contributed by atoms with van der Waals surface area (Å²) in [6.45, 7) is 0. The fraction of sp³-hybridized carbons (Fsp3) is 0.0455. The molecule has 4 aromatic carbocycles. The van der Waals surface area contributed by atoms with Gasteiger partial charge in [0.15, 0.2) is 0 Å². The number of carboxylic acid groups (broad SMARTS) is 1. The Hall–Kier alpha value is -6.20. The van der Waals surface area contributed by atoms with Gasteiger partial charge in [-0.2, -0.15) is 5.26 Å². The van der Waals surface area contributed by atoms with E-state index in [0.29, 0.717) is 0 Å². The topological polar surface area (TPSA) is 67.6 Å². The van der Waals surface area contributed by atoms with Crippen LogP contribution in [0.4, 0.5) is 22.7 Å². The first-order valence-corrected chi connectivity index (χ1v) is 18.2. The minimum atomic E-state index is -1.22. The number of hydrogen-bond acceptors (Lipinski definition) is 6. The van der Waals surface area contributed by atoms with Crippen LogP contribution in [0.15, 0.2) is 169 Å². The fourth-order valence-electron chi connectivity index (χ4n) is 6.02. The Morgan fingerprint density at radius 3 is 1.49 bits per heavy atom. The van der Waals surface area contributed by atoms with E-state index in [9.17, 15) is 4.79 Å².